The summed E-state index contributed by atoms with van der Waals surface area (Å²) in [7, 11) is -3.19. The topological polar surface area (TPSA) is 86.8 Å². The lowest BCUT2D eigenvalue weighted by atomic mass is 9.98. The summed E-state index contributed by atoms with van der Waals surface area (Å²) in [5, 5.41) is 0. The molecule has 1 atom stereocenters. The van der Waals surface area contributed by atoms with Crippen LogP contribution < -0.4 is 4.72 Å². The van der Waals surface area contributed by atoms with E-state index < -0.39 is 10.0 Å². The molecule has 2 aliphatic heterocycles. The fourth-order valence-corrected chi connectivity index (χ4v) is 3.40. The Labute approximate surface area is 125 Å². The minimum atomic E-state index is -3.19. The van der Waals surface area contributed by atoms with Crippen LogP contribution in [0.15, 0.2) is 0 Å². The van der Waals surface area contributed by atoms with Gasteiger partial charge in [-0.3, -0.25) is 9.59 Å². The summed E-state index contributed by atoms with van der Waals surface area (Å²) in [6, 6.07) is 0. The third kappa shape index (κ3) is 4.96. The predicted molar refractivity (Wildman–Crippen MR) is 78.0 cm³/mol. The summed E-state index contributed by atoms with van der Waals surface area (Å²) in [4.78, 5) is 27.2. The van der Waals surface area contributed by atoms with E-state index >= 15 is 0 Å². The normalized spacial score (nSPS) is 23.7. The molecule has 0 spiro atoms. The number of sulfonamides is 1. The van der Waals surface area contributed by atoms with Crippen LogP contribution in [0.4, 0.5) is 0 Å². The number of amides is 2. The molecule has 0 saturated carbocycles. The molecule has 2 saturated heterocycles. The first-order chi connectivity index (χ1) is 9.85. The molecule has 8 heteroatoms. The Kier molecular flexibility index (Phi) is 5.21. The van der Waals surface area contributed by atoms with Crippen LogP contribution in [0.2, 0.25) is 0 Å². The number of carbonyl (C=O) groups is 2. The molecular formula is C13H23N3O4S. The molecule has 7 nitrogen and oxygen atoms in total. The zero-order chi connectivity index (χ0) is 15.5. The van der Waals surface area contributed by atoms with Crippen LogP contribution in [0, 0.1) is 5.92 Å². The summed E-state index contributed by atoms with van der Waals surface area (Å²) < 4.78 is 24.7. The standard InChI is InChI=1S/C13H23N3O4S/c1-21(19,20)14-8-11-4-2-6-15(9-11)13(18)10-16-7-3-5-12(16)17/h11,14H,2-10H2,1H3. The minimum Gasteiger partial charge on any atom is -0.341 e. The Morgan fingerprint density at radius 2 is 2.10 bits per heavy atom. The van der Waals surface area contributed by atoms with Crippen LogP contribution in [0.5, 0.6) is 0 Å². The molecule has 1 N–H and O–H groups in total. The van der Waals surface area contributed by atoms with E-state index in [-0.39, 0.29) is 24.3 Å². The molecule has 2 aliphatic rings. The minimum absolute atomic E-state index is 0.0331. The van der Waals surface area contributed by atoms with Gasteiger partial charge in [0.1, 0.15) is 0 Å². The van der Waals surface area contributed by atoms with Crippen molar-refractivity contribution in [2.45, 2.75) is 25.7 Å². The number of piperidine rings is 1. The van der Waals surface area contributed by atoms with E-state index in [0.717, 1.165) is 25.5 Å². The molecule has 2 amide bonds. The number of likely N-dealkylation sites (tertiary alicyclic amines) is 2. The van der Waals surface area contributed by atoms with Crippen molar-refractivity contribution >= 4 is 21.8 Å². The van der Waals surface area contributed by atoms with E-state index in [4.69, 9.17) is 0 Å². The van der Waals surface area contributed by atoms with E-state index in [1.807, 2.05) is 0 Å². The highest BCUT2D eigenvalue weighted by molar-refractivity contribution is 7.88. The second-order valence-corrected chi connectivity index (χ2v) is 7.72. The second kappa shape index (κ2) is 6.74. The number of hydrogen-bond acceptors (Lipinski definition) is 4. The van der Waals surface area contributed by atoms with Crippen molar-refractivity contribution in [3.63, 3.8) is 0 Å². The van der Waals surface area contributed by atoms with E-state index in [0.29, 0.717) is 32.6 Å². The van der Waals surface area contributed by atoms with E-state index in [1.54, 1.807) is 9.80 Å². The predicted octanol–water partition coefficient (Wildman–Crippen LogP) is -0.603. The smallest absolute Gasteiger partial charge is 0.242 e. The fourth-order valence-electron chi connectivity index (χ4n) is 2.86. The maximum Gasteiger partial charge on any atom is 0.242 e. The monoisotopic (exact) mass is 317 g/mol. The summed E-state index contributed by atoms with van der Waals surface area (Å²) in [5.41, 5.74) is 0. The molecule has 21 heavy (non-hydrogen) atoms. The highest BCUT2D eigenvalue weighted by Crippen LogP contribution is 2.17. The molecule has 0 aromatic rings. The summed E-state index contributed by atoms with van der Waals surface area (Å²) >= 11 is 0. The maximum atomic E-state index is 12.2. The molecule has 0 aromatic carbocycles. The van der Waals surface area contributed by atoms with Gasteiger partial charge in [-0.1, -0.05) is 0 Å². The van der Waals surface area contributed by atoms with Gasteiger partial charge in [0, 0.05) is 32.6 Å². The van der Waals surface area contributed by atoms with Crippen molar-refractivity contribution in [1.82, 2.24) is 14.5 Å². The molecule has 2 heterocycles. The van der Waals surface area contributed by atoms with Gasteiger partial charge in [0.2, 0.25) is 21.8 Å². The van der Waals surface area contributed by atoms with Gasteiger partial charge in [-0.05, 0) is 25.2 Å². The molecule has 2 fully saturated rings. The average molecular weight is 317 g/mol. The van der Waals surface area contributed by atoms with Gasteiger partial charge in [-0.2, -0.15) is 0 Å². The average Bonchev–Trinajstić information content (AvgIpc) is 2.81. The van der Waals surface area contributed by atoms with Gasteiger partial charge in [0.25, 0.3) is 0 Å². The van der Waals surface area contributed by atoms with Crippen molar-refractivity contribution in [1.29, 1.82) is 0 Å². The first-order valence-corrected chi connectivity index (χ1v) is 9.24. The van der Waals surface area contributed by atoms with Crippen LogP contribution in [-0.2, 0) is 19.6 Å². The molecular weight excluding hydrogens is 294 g/mol. The van der Waals surface area contributed by atoms with E-state index in [9.17, 15) is 18.0 Å². The SMILES string of the molecule is CS(=O)(=O)NCC1CCCN(C(=O)CN2CCCC2=O)C1. The molecule has 120 valence electrons. The van der Waals surface area contributed by atoms with Crippen molar-refractivity contribution in [2.24, 2.45) is 5.92 Å². The molecule has 0 aliphatic carbocycles. The lowest BCUT2D eigenvalue weighted by molar-refractivity contribution is -0.139. The molecule has 1 unspecified atom stereocenters. The first-order valence-electron chi connectivity index (χ1n) is 7.35. The Morgan fingerprint density at radius 3 is 2.71 bits per heavy atom. The van der Waals surface area contributed by atoms with Crippen LogP contribution >= 0.6 is 0 Å². The lowest BCUT2D eigenvalue weighted by Crippen LogP contribution is -2.47. The number of hydrogen-bond donors (Lipinski definition) is 1. The van der Waals surface area contributed by atoms with Crippen LogP contribution in [0.25, 0.3) is 0 Å². The third-order valence-corrected chi connectivity index (χ3v) is 4.69. The van der Waals surface area contributed by atoms with Gasteiger partial charge in [0.15, 0.2) is 0 Å². The zero-order valence-corrected chi connectivity index (χ0v) is 13.2. The van der Waals surface area contributed by atoms with E-state index in [1.165, 1.54) is 0 Å². The molecule has 2 rings (SSSR count). The fraction of sp³-hybridized carbons (Fsp3) is 0.846. The Morgan fingerprint density at radius 1 is 1.33 bits per heavy atom. The van der Waals surface area contributed by atoms with Gasteiger partial charge in [-0.15, -0.1) is 0 Å². The number of nitrogens with one attached hydrogen (secondary N) is 1. The molecule has 0 radical (unpaired) electrons. The van der Waals surface area contributed by atoms with Crippen LogP contribution in [-0.4, -0.2) is 69.0 Å². The Balaban J connectivity index is 1.82. The van der Waals surface area contributed by atoms with E-state index in [2.05, 4.69) is 4.72 Å². The molecule has 0 bridgehead atoms. The highest BCUT2D eigenvalue weighted by atomic mass is 32.2. The summed E-state index contributed by atoms with van der Waals surface area (Å²) in [6.07, 6.45) is 4.28. The molecule has 0 aromatic heterocycles. The summed E-state index contributed by atoms with van der Waals surface area (Å²) in [5.74, 6) is 0.164. The van der Waals surface area contributed by atoms with Crippen molar-refractivity contribution < 1.29 is 18.0 Å². The lowest BCUT2D eigenvalue weighted by Gasteiger charge is -2.33. The van der Waals surface area contributed by atoms with Gasteiger partial charge in [-0.25, -0.2) is 13.1 Å². The maximum absolute atomic E-state index is 12.2. The quantitative estimate of drug-likeness (QED) is 0.733. The van der Waals surface area contributed by atoms with Crippen molar-refractivity contribution in [3.8, 4) is 0 Å². The Hall–Kier alpha value is -1.15. The number of nitrogens with zero attached hydrogens (tertiary/aromatic N) is 2. The number of carbonyl (C=O) groups excluding carboxylic acids is 2. The van der Waals surface area contributed by atoms with Gasteiger partial charge >= 0.3 is 0 Å². The second-order valence-electron chi connectivity index (χ2n) is 5.89. The van der Waals surface area contributed by atoms with Gasteiger partial charge < -0.3 is 9.80 Å². The third-order valence-electron chi connectivity index (χ3n) is 4.00. The van der Waals surface area contributed by atoms with Crippen LogP contribution in [0.3, 0.4) is 0 Å². The highest BCUT2D eigenvalue weighted by Gasteiger charge is 2.28. The summed E-state index contributed by atoms with van der Waals surface area (Å²) in [6.45, 7) is 2.44. The van der Waals surface area contributed by atoms with Crippen LogP contribution in [0.1, 0.15) is 25.7 Å². The zero-order valence-electron chi connectivity index (χ0n) is 12.4. The van der Waals surface area contributed by atoms with Crippen molar-refractivity contribution in [3.05, 3.63) is 0 Å². The largest absolute Gasteiger partial charge is 0.341 e. The first kappa shape index (κ1) is 16.2. The Bertz CT molecular complexity index is 506. The number of rotatable bonds is 5. The van der Waals surface area contributed by atoms with Crippen molar-refractivity contribution in [2.75, 3.05) is 39.0 Å². The van der Waals surface area contributed by atoms with Gasteiger partial charge in [0.05, 0.1) is 12.8 Å².